The Morgan fingerprint density at radius 1 is 0.917 bits per heavy atom. The number of ether oxygens (including phenoxy) is 1. The number of hydrogen-bond donors (Lipinski definition) is 2. The van der Waals surface area contributed by atoms with E-state index in [4.69, 9.17) is 9.84 Å². The van der Waals surface area contributed by atoms with E-state index in [2.05, 4.69) is 43.0 Å². The predicted octanol–water partition coefficient (Wildman–Crippen LogP) is 4.93. The number of carboxylic acids is 1. The van der Waals surface area contributed by atoms with Gasteiger partial charge in [0.05, 0.1) is 19.6 Å². The first-order valence-corrected chi connectivity index (χ1v) is 11.9. The normalized spacial score (nSPS) is 11.5. The molecule has 7 nitrogen and oxygen atoms in total. The number of aliphatic carboxylic acids is 1. The van der Waals surface area contributed by atoms with Crippen LogP contribution in [0.15, 0.2) is 77.6 Å². The zero-order chi connectivity index (χ0) is 25.7. The zero-order valence-electron chi connectivity index (χ0n) is 20.8. The van der Waals surface area contributed by atoms with E-state index in [-0.39, 0.29) is 24.1 Å². The number of carboxylic acid groups (broad SMARTS) is 1. The average molecular weight is 486 g/mol. The molecule has 0 amide bonds. The fraction of sp³-hybridized carbons (Fsp3) is 0.276. The molecule has 0 bridgehead atoms. The van der Waals surface area contributed by atoms with Crippen LogP contribution in [0, 0.1) is 0 Å². The molecule has 186 valence electrons. The Morgan fingerprint density at radius 2 is 1.61 bits per heavy atom. The van der Waals surface area contributed by atoms with E-state index < -0.39 is 5.97 Å². The van der Waals surface area contributed by atoms with E-state index in [1.807, 2.05) is 60.7 Å². The van der Waals surface area contributed by atoms with Crippen molar-refractivity contribution < 1.29 is 14.6 Å². The second kappa shape index (κ2) is 10.7. The largest absolute Gasteiger partial charge is 0.481 e. The highest BCUT2D eigenvalue weighted by molar-refractivity contribution is 5.72. The Kier molecular flexibility index (Phi) is 7.50. The monoisotopic (exact) mass is 485 g/mol. The third-order valence-corrected chi connectivity index (χ3v) is 5.96. The molecule has 36 heavy (non-hydrogen) atoms. The fourth-order valence-corrected chi connectivity index (χ4v) is 3.95. The molecule has 1 aromatic heterocycles. The summed E-state index contributed by atoms with van der Waals surface area (Å²) in [5.41, 5.74) is 5.81. The highest BCUT2D eigenvalue weighted by Gasteiger charge is 2.13. The molecule has 0 aliphatic rings. The summed E-state index contributed by atoms with van der Waals surface area (Å²) in [5, 5.41) is 13.4. The van der Waals surface area contributed by atoms with Crippen molar-refractivity contribution in [2.24, 2.45) is 0 Å². The average Bonchev–Trinajstić information content (AvgIpc) is 3.18. The molecule has 0 fully saturated rings. The Labute approximate surface area is 210 Å². The fourth-order valence-electron chi connectivity index (χ4n) is 3.95. The van der Waals surface area contributed by atoms with Crippen LogP contribution in [0.1, 0.15) is 48.8 Å². The Balaban J connectivity index is 1.32. The number of nitrogens with one attached hydrogen (secondary N) is 1. The summed E-state index contributed by atoms with van der Waals surface area (Å²) < 4.78 is 7.19. The number of rotatable bonds is 9. The van der Waals surface area contributed by atoms with Crippen LogP contribution in [0.2, 0.25) is 0 Å². The molecule has 0 atom stereocenters. The maximum Gasteiger partial charge on any atom is 0.343 e. The summed E-state index contributed by atoms with van der Waals surface area (Å²) >= 11 is 0. The van der Waals surface area contributed by atoms with Gasteiger partial charge in [-0.25, -0.2) is 9.48 Å². The van der Waals surface area contributed by atoms with Gasteiger partial charge in [-0.05, 0) is 38.8 Å². The molecule has 0 spiro atoms. The molecule has 1 heterocycles. The molecule has 0 unspecified atom stereocenters. The molecule has 0 aliphatic heterocycles. The number of benzene rings is 3. The maximum atomic E-state index is 12.3. The van der Waals surface area contributed by atoms with Gasteiger partial charge in [-0.15, -0.1) is 0 Å². The van der Waals surface area contributed by atoms with Crippen LogP contribution >= 0.6 is 0 Å². The summed E-state index contributed by atoms with van der Waals surface area (Å²) in [5.74, 6) is -0.362. The minimum atomic E-state index is -0.847. The lowest BCUT2D eigenvalue weighted by atomic mass is 9.87. The summed E-state index contributed by atoms with van der Waals surface area (Å²) in [4.78, 5) is 26.0. The lowest BCUT2D eigenvalue weighted by Crippen LogP contribution is -2.19. The van der Waals surface area contributed by atoms with Gasteiger partial charge in [0.25, 0.3) is 0 Å². The van der Waals surface area contributed by atoms with E-state index in [9.17, 15) is 9.59 Å². The SMILES string of the molecule is CC(C)(C)c1ccc(Cn2nc(COCc3ccc(-c4cccc(CC(=O)O)c4)cc3)[nH]c2=O)cc1. The topological polar surface area (TPSA) is 97.2 Å². The summed E-state index contributed by atoms with van der Waals surface area (Å²) in [6.45, 7) is 7.48. The van der Waals surface area contributed by atoms with Crippen LogP contribution in [0.3, 0.4) is 0 Å². The van der Waals surface area contributed by atoms with Crippen molar-refractivity contribution in [3.8, 4) is 11.1 Å². The molecule has 0 aliphatic carbocycles. The lowest BCUT2D eigenvalue weighted by molar-refractivity contribution is -0.136. The second-order valence-electron chi connectivity index (χ2n) is 9.94. The van der Waals surface area contributed by atoms with Crippen molar-refractivity contribution in [1.82, 2.24) is 14.8 Å². The van der Waals surface area contributed by atoms with E-state index in [0.29, 0.717) is 19.0 Å². The number of aromatic nitrogens is 3. The van der Waals surface area contributed by atoms with Crippen molar-refractivity contribution in [1.29, 1.82) is 0 Å². The molecule has 7 heteroatoms. The molecular weight excluding hydrogens is 454 g/mol. The molecule has 0 saturated heterocycles. The Hall–Kier alpha value is -3.97. The number of nitrogens with zero attached hydrogens (tertiary/aromatic N) is 2. The molecular formula is C29H31N3O4. The molecule has 3 aromatic carbocycles. The lowest BCUT2D eigenvalue weighted by Gasteiger charge is -2.19. The molecule has 2 N–H and O–H groups in total. The first kappa shape index (κ1) is 25.1. The highest BCUT2D eigenvalue weighted by atomic mass is 16.5. The quantitative estimate of drug-likeness (QED) is 0.350. The van der Waals surface area contributed by atoms with Gasteiger partial charge < -0.3 is 9.84 Å². The maximum absolute atomic E-state index is 12.3. The van der Waals surface area contributed by atoms with E-state index >= 15 is 0 Å². The van der Waals surface area contributed by atoms with Crippen LogP contribution in [-0.2, 0) is 41.1 Å². The zero-order valence-corrected chi connectivity index (χ0v) is 20.8. The summed E-state index contributed by atoms with van der Waals surface area (Å²) in [7, 11) is 0. The summed E-state index contributed by atoms with van der Waals surface area (Å²) in [6.07, 6.45) is 0.00109. The van der Waals surface area contributed by atoms with Crippen molar-refractivity contribution in [3.05, 3.63) is 111 Å². The summed E-state index contributed by atoms with van der Waals surface area (Å²) in [6, 6.07) is 23.7. The minimum Gasteiger partial charge on any atom is -0.481 e. The minimum absolute atomic E-state index is 0.00109. The Morgan fingerprint density at radius 3 is 2.28 bits per heavy atom. The number of aromatic amines is 1. The van der Waals surface area contributed by atoms with Crippen LogP contribution < -0.4 is 5.69 Å². The molecule has 0 saturated carbocycles. The predicted molar refractivity (Wildman–Crippen MR) is 139 cm³/mol. The Bertz CT molecular complexity index is 1380. The van der Waals surface area contributed by atoms with E-state index in [1.165, 1.54) is 10.2 Å². The van der Waals surface area contributed by atoms with E-state index in [0.717, 1.165) is 27.8 Å². The molecule has 0 radical (unpaired) electrons. The van der Waals surface area contributed by atoms with Crippen LogP contribution in [0.25, 0.3) is 11.1 Å². The van der Waals surface area contributed by atoms with Crippen molar-refractivity contribution in [2.45, 2.75) is 52.4 Å². The number of carbonyl (C=O) groups is 1. The van der Waals surface area contributed by atoms with Crippen molar-refractivity contribution in [2.75, 3.05) is 0 Å². The van der Waals surface area contributed by atoms with Gasteiger partial charge >= 0.3 is 11.7 Å². The van der Waals surface area contributed by atoms with Gasteiger partial charge in [-0.1, -0.05) is 93.6 Å². The number of hydrogen-bond acceptors (Lipinski definition) is 4. The number of H-pyrrole nitrogens is 1. The third-order valence-electron chi connectivity index (χ3n) is 5.96. The van der Waals surface area contributed by atoms with Gasteiger partial charge in [0.2, 0.25) is 0 Å². The third kappa shape index (κ3) is 6.58. The van der Waals surface area contributed by atoms with Crippen LogP contribution in [0.4, 0.5) is 0 Å². The molecule has 4 aromatic rings. The van der Waals surface area contributed by atoms with Gasteiger partial charge in [-0.3, -0.25) is 9.78 Å². The first-order chi connectivity index (χ1) is 17.2. The first-order valence-electron chi connectivity index (χ1n) is 11.9. The van der Waals surface area contributed by atoms with Gasteiger partial charge in [0, 0.05) is 0 Å². The standard InChI is InChI=1S/C29H31N3O4/c1-29(2,3)25-13-9-20(10-14-25)17-32-28(35)30-26(31-32)19-36-18-21-7-11-23(12-8-21)24-6-4-5-22(15-24)16-27(33)34/h4-15H,16-19H2,1-3H3,(H,33,34)(H,30,31,35). The van der Waals surface area contributed by atoms with Crippen molar-refractivity contribution >= 4 is 5.97 Å². The van der Waals surface area contributed by atoms with Gasteiger partial charge in [0.15, 0.2) is 5.82 Å². The molecule has 4 rings (SSSR count). The second-order valence-corrected chi connectivity index (χ2v) is 9.94. The van der Waals surface area contributed by atoms with E-state index in [1.54, 1.807) is 0 Å². The van der Waals surface area contributed by atoms with Crippen molar-refractivity contribution in [3.63, 3.8) is 0 Å². The smallest absolute Gasteiger partial charge is 0.343 e. The highest BCUT2D eigenvalue weighted by Crippen LogP contribution is 2.23. The van der Waals surface area contributed by atoms with Crippen LogP contribution in [0.5, 0.6) is 0 Å². The van der Waals surface area contributed by atoms with Gasteiger partial charge in [0.1, 0.15) is 6.61 Å². The van der Waals surface area contributed by atoms with Crippen LogP contribution in [-0.4, -0.2) is 25.8 Å². The van der Waals surface area contributed by atoms with Gasteiger partial charge in [-0.2, -0.15) is 5.10 Å².